The zero-order valence-electron chi connectivity index (χ0n) is 13.9. The van der Waals surface area contributed by atoms with Crippen molar-refractivity contribution in [3.63, 3.8) is 0 Å². The van der Waals surface area contributed by atoms with Gasteiger partial charge in [-0.05, 0) is 57.1 Å². The van der Waals surface area contributed by atoms with Gasteiger partial charge < -0.3 is 4.74 Å². The number of imide groups is 1. The number of likely N-dealkylation sites (tertiary alicyclic amines) is 1. The maximum Gasteiger partial charge on any atom is 0.338 e. The molecule has 6 nitrogen and oxygen atoms in total. The molecule has 24 heavy (non-hydrogen) atoms. The van der Waals surface area contributed by atoms with Gasteiger partial charge in [-0.15, -0.1) is 0 Å². The van der Waals surface area contributed by atoms with Crippen LogP contribution in [0.2, 0.25) is 0 Å². The zero-order valence-corrected chi connectivity index (χ0v) is 13.9. The SMILES string of the molecule is CCOC(=O)c1ccc(N2C(=O)C[C@H](N3CCCCC3)C2=O)cc1. The van der Waals surface area contributed by atoms with E-state index in [-0.39, 0.29) is 24.3 Å². The summed E-state index contributed by atoms with van der Waals surface area (Å²) >= 11 is 0. The first-order chi connectivity index (χ1) is 11.6. The molecule has 0 N–H and O–H groups in total. The van der Waals surface area contributed by atoms with E-state index in [0.29, 0.717) is 17.9 Å². The number of anilines is 1. The van der Waals surface area contributed by atoms with Crippen LogP contribution >= 0.6 is 0 Å². The average molecular weight is 330 g/mol. The van der Waals surface area contributed by atoms with E-state index in [9.17, 15) is 14.4 Å². The highest BCUT2D eigenvalue weighted by Crippen LogP contribution is 2.27. The lowest BCUT2D eigenvalue weighted by Crippen LogP contribution is -2.44. The number of esters is 1. The van der Waals surface area contributed by atoms with Crippen LogP contribution < -0.4 is 4.90 Å². The zero-order chi connectivity index (χ0) is 17.1. The molecule has 0 saturated carbocycles. The highest BCUT2D eigenvalue weighted by atomic mass is 16.5. The van der Waals surface area contributed by atoms with Gasteiger partial charge in [-0.25, -0.2) is 9.69 Å². The quantitative estimate of drug-likeness (QED) is 0.624. The molecule has 1 aromatic rings. The van der Waals surface area contributed by atoms with Gasteiger partial charge in [0.1, 0.15) is 0 Å². The van der Waals surface area contributed by atoms with Crippen LogP contribution in [-0.4, -0.2) is 48.4 Å². The minimum Gasteiger partial charge on any atom is -0.462 e. The molecular weight excluding hydrogens is 308 g/mol. The summed E-state index contributed by atoms with van der Waals surface area (Å²) in [4.78, 5) is 40.1. The second-order valence-electron chi connectivity index (χ2n) is 6.15. The van der Waals surface area contributed by atoms with Crippen molar-refractivity contribution >= 4 is 23.5 Å². The molecule has 0 radical (unpaired) electrons. The molecule has 128 valence electrons. The second kappa shape index (κ2) is 7.13. The van der Waals surface area contributed by atoms with Crippen molar-refractivity contribution in [1.29, 1.82) is 0 Å². The number of carbonyl (C=O) groups is 3. The maximum atomic E-state index is 12.7. The molecule has 0 unspecified atom stereocenters. The van der Waals surface area contributed by atoms with Gasteiger partial charge in [0.2, 0.25) is 5.91 Å². The normalized spacial score (nSPS) is 22.0. The van der Waals surface area contributed by atoms with Gasteiger partial charge in [0.25, 0.3) is 5.91 Å². The Bertz CT molecular complexity index is 635. The largest absolute Gasteiger partial charge is 0.462 e. The fourth-order valence-electron chi connectivity index (χ4n) is 3.36. The van der Waals surface area contributed by atoms with Crippen molar-refractivity contribution in [3.8, 4) is 0 Å². The fourth-order valence-corrected chi connectivity index (χ4v) is 3.36. The smallest absolute Gasteiger partial charge is 0.338 e. The first kappa shape index (κ1) is 16.6. The molecule has 6 heteroatoms. The molecule has 2 aliphatic rings. The molecule has 0 bridgehead atoms. The van der Waals surface area contributed by atoms with Gasteiger partial charge >= 0.3 is 5.97 Å². The van der Waals surface area contributed by atoms with Crippen LogP contribution in [0.5, 0.6) is 0 Å². The van der Waals surface area contributed by atoms with Crippen LogP contribution in [0.1, 0.15) is 43.0 Å². The van der Waals surface area contributed by atoms with Crippen LogP contribution in [0.4, 0.5) is 5.69 Å². The minimum atomic E-state index is -0.408. The van der Waals surface area contributed by atoms with E-state index in [2.05, 4.69) is 4.90 Å². The lowest BCUT2D eigenvalue weighted by atomic mass is 10.1. The van der Waals surface area contributed by atoms with E-state index < -0.39 is 5.97 Å². The molecular formula is C18H22N2O4. The Morgan fingerprint density at radius 2 is 1.79 bits per heavy atom. The molecule has 3 rings (SSSR count). The lowest BCUT2D eigenvalue weighted by molar-refractivity contribution is -0.123. The Morgan fingerprint density at radius 3 is 2.42 bits per heavy atom. The summed E-state index contributed by atoms with van der Waals surface area (Å²) in [5.74, 6) is -0.750. The monoisotopic (exact) mass is 330 g/mol. The summed E-state index contributed by atoms with van der Waals surface area (Å²) in [6.07, 6.45) is 3.57. The van der Waals surface area contributed by atoms with Gasteiger partial charge in [-0.1, -0.05) is 6.42 Å². The molecule has 2 amide bonds. The van der Waals surface area contributed by atoms with Gasteiger partial charge in [-0.3, -0.25) is 14.5 Å². The van der Waals surface area contributed by atoms with Crippen LogP contribution in [0, 0.1) is 0 Å². The minimum absolute atomic E-state index is 0.161. The summed E-state index contributed by atoms with van der Waals surface area (Å²) in [5.41, 5.74) is 0.921. The van der Waals surface area contributed by atoms with Crippen molar-refractivity contribution in [1.82, 2.24) is 4.90 Å². The van der Waals surface area contributed by atoms with Crippen molar-refractivity contribution in [2.45, 2.75) is 38.6 Å². The first-order valence-electron chi connectivity index (χ1n) is 8.50. The summed E-state index contributed by atoms with van der Waals surface area (Å²) in [5, 5.41) is 0. The van der Waals surface area contributed by atoms with E-state index >= 15 is 0 Å². The topological polar surface area (TPSA) is 66.9 Å². The molecule has 0 aromatic heterocycles. The summed E-state index contributed by atoms with van der Waals surface area (Å²) in [7, 11) is 0. The molecule has 0 aliphatic carbocycles. The number of nitrogens with zero attached hydrogens (tertiary/aromatic N) is 2. The summed E-state index contributed by atoms with van der Waals surface area (Å²) < 4.78 is 4.94. The number of ether oxygens (including phenoxy) is 1. The highest BCUT2D eigenvalue weighted by Gasteiger charge is 2.42. The lowest BCUT2D eigenvalue weighted by Gasteiger charge is -2.30. The summed E-state index contributed by atoms with van der Waals surface area (Å²) in [6, 6.07) is 6.08. The van der Waals surface area contributed by atoms with Crippen LogP contribution in [0.15, 0.2) is 24.3 Å². The van der Waals surface area contributed by atoms with Gasteiger partial charge in [0, 0.05) is 0 Å². The number of hydrogen-bond donors (Lipinski definition) is 0. The van der Waals surface area contributed by atoms with Crippen LogP contribution in [-0.2, 0) is 14.3 Å². The number of rotatable bonds is 4. The van der Waals surface area contributed by atoms with Crippen molar-refractivity contribution < 1.29 is 19.1 Å². The first-order valence-corrected chi connectivity index (χ1v) is 8.50. The van der Waals surface area contributed by atoms with Crippen molar-refractivity contribution in [3.05, 3.63) is 29.8 Å². The highest BCUT2D eigenvalue weighted by molar-refractivity contribution is 6.22. The Balaban J connectivity index is 1.75. The predicted octanol–water partition coefficient (Wildman–Crippen LogP) is 1.98. The predicted molar refractivity (Wildman–Crippen MR) is 88.7 cm³/mol. The molecule has 2 heterocycles. The van der Waals surface area contributed by atoms with Crippen molar-refractivity contribution in [2.75, 3.05) is 24.6 Å². The third-order valence-corrected chi connectivity index (χ3v) is 4.59. The second-order valence-corrected chi connectivity index (χ2v) is 6.15. The average Bonchev–Trinajstić information content (AvgIpc) is 2.90. The molecule has 2 fully saturated rings. The maximum absolute atomic E-state index is 12.7. The van der Waals surface area contributed by atoms with E-state index in [1.807, 2.05) is 0 Å². The van der Waals surface area contributed by atoms with Gasteiger partial charge in [0.15, 0.2) is 0 Å². The van der Waals surface area contributed by atoms with Gasteiger partial charge in [0.05, 0.1) is 30.3 Å². The molecule has 0 spiro atoms. The standard InChI is InChI=1S/C18H22N2O4/c1-2-24-18(23)13-6-8-14(9-7-13)20-16(21)12-15(17(20)22)19-10-4-3-5-11-19/h6-9,15H,2-5,10-12H2,1H3/t15-/m0/s1. The molecule has 2 saturated heterocycles. The van der Waals surface area contributed by atoms with Crippen LogP contribution in [0.3, 0.4) is 0 Å². The van der Waals surface area contributed by atoms with E-state index in [4.69, 9.17) is 4.74 Å². The molecule has 1 atom stereocenters. The summed E-state index contributed by atoms with van der Waals surface area (Å²) in [6.45, 7) is 3.80. The number of amides is 2. The van der Waals surface area contributed by atoms with E-state index in [1.54, 1.807) is 31.2 Å². The van der Waals surface area contributed by atoms with Gasteiger partial charge in [-0.2, -0.15) is 0 Å². The van der Waals surface area contributed by atoms with Crippen LogP contribution in [0.25, 0.3) is 0 Å². The number of hydrogen-bond acceptors (Lipinski definition) is 5. The van der Waals surface area contributed by atoms with E-state index in [0.717, 1.165) is 25.9 Å². The Labute approximate surface area is 141 Å². The third-order valence-electron chi connectivity index (χ3n) is 4.59. The Hall–Kier alpha value is -2.21. The Morgan fingerprint density at radius 1 is 1.12 bits per heavy atom. The fraction of sp³-hybridized carbons (Fsp3) is 0.500. The van der Waals surface area contributed by atoms with E-state index in [1.165, 1.54) is 11.3 Å². The third kappa shape index (κ3) is 3.19. The number of piperidine rings is 1. The number of benzene rings is 1. The number of carbonyl (C=O) groups excluding carboxylic acids is 3. The Kier molecular flexibility index (Phi) is 4.94. The molecule has 1 aromatic carbocycles. The van der Waals surface area contributed by atoms with Crippen molar-refractivity contribution in [2.24, 2.45) is 0 Å². The molecule has 2 aliphatic heterocycles.